The zero-order valence-corrected chi connectivity index (χ0v) is 15.7. The molecule has 5 aromatic carbocycles. The van der Waals surface area contributed by atoms with Gasteiger partial charge in [0.2, 0.25) is 0 Å². The molecule has 0 amide bonds. The summed E-state index contributed by atoms with van der Waals surface area (Å²) in [6.45, 7) is 0. The Hall–Kier alpha value is -3.56. The van der Waals surface area contributed by atoms with Crippen LogP contribution in [0.2, 0.25) is 0 Å². The maximum absolute atomic E-state index is 9.04. The molecule has 5 rings (SSSR count). The molecule has 0 aromatic heterocycles. The highest BCUT2D eigenvalue weighted by Gasteiger charge is 2.16. The van der Waals surface area contributed by atoms with E-state index in [-0.39, 0.29) is 0 Å². The van der Waals surface area contributed by atoms with Crippen LogP contribution >= 0.6 is 0 Å². The molecule has 0 atom stereocenters. The lowest BCUT2D eigenvalue weighted by Crippen LogP contribution is -1.99. The number of fused-ring (bicyclic) bond motifs is 2. The number of hydrogen-bond acceptors (Lipinski definition) is 2. The standard InChI is InChI=1S/C26H18BO2/c28-27-29-20-12-8-11-19(17-20)26-23-15-6-4-13-21(23)25(18-9-2-1-3-10-18)22-14-5-7-16-24(22)26/h1-17,28H. The quantitative estimate of drug-likeness (QED) is 0.299. The van der Waals surface area contributed by atoms with Crippen LogP contribution in [0.1, 0.15) is 0 Å². The van der Waals surface area contributed by atoms with Crippen molar-refractivity contribution in [1.29, 1.82) is 0 Å². The molecule has 0 fully saturated rings. The van der Waals surface area contributed by atoms with E-state index in [1.807, 2.05) is 24.3 Å². The van der Waals surface area contributed by atoms with Crippen LogP contribution in [0.5, 0.6) is 5.75 Å². The average Bonchev–Trinajstić information content (AvgIpc) is 2.78. The Morgan fingerprint density at radius 2 is 1.00 bits per heavy atom. The van der Waals surface area contributed by atoms with Crippen LogP contribution in [0.3, 0.4) is 0 Å². The summed E-state index contributed by atoms with van der Waals surface area (Å²) in [6.07, 6.45) is 0. The minimum absolute atomic E-state index is 0.602. The Morgan fingerprint density at radius 3 is 1.55 bits per heavy atom. The van der Waals surface area contributed by atoms with Crippen molar-refractivity contribution >= 4 is 29.2 Å². The molecule has 0 aliphatic heterocycles. The van der Waals surface area contributed by atoms with E-state index in [9.17, 15) is 0 Å². The van der Waals surface area contributed by atoms with Gasteiger partial charge in [0.05, 0.1) is 0 Å². The molecule has 0 saturated carbocycles. The Labute approximate surface area is 170 Å². The first-order valence-electron chi connectivity index (χ1n) is 9.58. The van der Waals surface area contributed by atoms with Crippen LogP contribution in [0.4, 0.5) is 0 Å². The third-order valence-corrected chi connectivity index (χ3v) is 5.31. The van der Waals surface area contributed by atoms with Gasteiger partial charge >= 0.3 is 7.69 Å². The molecule has 0 aliphatic carbocycles. The van der Waals surface area contributed by atoms with Crippen molar-refractivity contribution in [2.24, 2.45) is 0 Å². The van der Waals surface area contributed by atoms with Gasteiger partial charge in [-0.2, -0.15) is 0 Å². The Bertz CT molecular complexity index is 1260. The largest absolute Gasteiger partial charge is 0.569 e. The maximum atomic E-state index is 9.04. The van der Waals surface area contributed by atoms with E-state index in [0.29, 0.717) is 13.4 Å². The minimum atomic E-state index is 0.602. The van der Waals surface area contributed by atoms with Crippen molar-refractivity contribution < 1.29 is 9.68 Å². The summed E-state index contributed by atoms with van der Waals surface area (Å²) < 4.78 is 5.22. The van der Waals surface area contributed by atoms with E-state index >= 15 is 0 Å². The molecule has 5 aromatic rings. The fourth-order valence-corrected chi connectivity index (χ4v) is 4.14. The van der Waals surface area contributed by atoms with Crippen LogP contribution in [-0.4, -0.2) is 12.7 Å². The summed E-state index contributed by atoms with van der Waals surface area (Å²) >= 11 is 0. The van der Waals surface area contributed by atoms with Crippen molar-refractivity contribution in [3.05, 3.63) is 103 Å². The van der Waals surface area contributed by atoms with E-state index in [1.54, 1.807) is 0 Å². The third kappa shape index (κ3) is 3.06. The van der Waals surface area contributed by atoms with Crippen molar-refractivity contribution in [3.8, 4) is 28.0 Å². The second kappa shape index (κ2) is 7.46. The van der Waals surface area contributed by atoms with E-state index in [1.165, 1.54) is 38.2 Å². The Kier molecular flexibility index (Phi) is 4.51. The first-order chi connectivity index (χ1) is 14.4. The molecule has 0 unspecified atom stereocenters. The number of hydrogen-bond donors (Lipinski definition) is 1. The predicted octanol–water partition coefficient (Wildman–Crippen LogP) is 6.23. The van der Waals surface area contributed by atoms with Crippen molar-refractivity contribution in [2.45, 2.75) is 0 Å². The molecule has 1 N–H and O–H groups in total. The van der Waals surface area contributed by atoms with Crippen LogP contribution in [0.15, 0.2) is 103 Å². The van der Waals surface area contributed by atoms with Gasteiger partial charge < -0.3 is 9.68 Å². The molecule has 0 aliphatic rings. The molecular formula is C26H18BO2. The third-order valence-electron chi connectivity index (χ3n) is 5.31. The van der Waals surface area contributed by atoms with Gasteiger partial charge in [-0.15, -0.1) is 0 Å². The smallest absolute Gasteiger partial charge is 0.537 e. The van der Waals surface area contributed by atoms with Crippen LogP contribution in [0.25, 0.3) is 43.8 Å². The molecular weight excluding hydrogens is 355 g/mol. The predicted molar refractivity (Wildman–Crippen MR) is 121 cm³/mol. The zero-order chi connectivity index (χ0) is 19.6. The van der Waals surface area contributed by atoms with Gasteiger partial charge in [0, 0.05) is 0 Å². The molecule has 29 heavy (non-hydrogen) atoms. The van der Waals surface area contributed by atoms with E-state index in [4.69, 9.17) is 9.68 Å². The van der Waals surface area contributed by atoms with Crippen LogP contribution < -0.4 is 4.65 Å². The lowest BCUT2D eigenvalue weighted by molar-refractivity contribution is 0.454. The summed E-state index contributed by atoms with van der Waals surface area (Å²) in [5.74, 6) is 0.602. The van der Waals surface area contributed by atoms with E-state index < -0.39 is 0 Å². The summed E-state index contributed by atoms with van der Waals surface area (Å²) in [5, 5.41) is 13.9. The first kappa shape index (κ1) is 17.5. The monoisotopic (exact) mass is 373 g/mol. The topological polar surface area (TPSA) is 29.5 Å². The molecule has 137 valence electrons. The van der Waals surface area contributed by atoms with Crippen molar-refractivity contribution in [2.75, 3.05) is 0 Å². The highest BCUT2D eigenvalue weighted by atomic mass is 16.5. The second-order valence-corrected chi connectivity index (χ2v) is 6.96. The molecule has 2 nitrogen and oxygen atoms in total. The average molecular weight is 373 g/mol. The molecule has 0 saturated heterocycles. The van der Waals surface area contributed by atoms with Crippen LogP contribution in [-0.2, 0) is 0 Å². The first-order valence-corrected chi connectivity index (χ1v) is 9.58. The summed E-state index contributed by atoms with van der Waals surface area (Å²) in [5.41, 5.74) is 4.67. The highest BCUT2D eigenvalue weighted by molar-refractivity contribution is 6.21. The fraction of sp³-hybridized carbons (Fsp3) is 0. The van der Waals surface area contributed by atoms with Gasteiger partial charge in [-0.25, -0.2) is 0 Å². The van der Waals surface area contributed by atoms with Gasteiger partial charge in [-0.1, -0.05) is 91.0 Å². The summed E-state index contributed by atoms with van der Waals surface area (Å²) in [7, 11) is 0.716. The van der Waals surface area contributed by atoms with Gasteiger partial charge in [0.1, 0.15) is 5.75 Å². The highest BCUT2D eigenvalue weighted by Crippen LogP contribution is 2.43. The minimum Gasteiger partial charge on any atom is -0.537 e. The molecule has 0 heterocycles. The molecule has 0 bridgehead atoms. The maximum Gasteiger partial charge on any atom is 0.569 e. The lowest BCUT2D eigenvalue weighted by atomic mass is 9.86. The lowest BCUT2D eigenvalue weighted by Gasteiger charge is -2.18. The molecule has 1 radical (unpaired) electrons. The van der Waals surface area contributed by atoms with Gasteiger partial charge in [-0.05, 0) is 55.9 Å². The van der Waals surface area contributed by atoms with Gasteiger partial charge in [0.15, 0.2) is 0 Å². The second-order valence-electron chi connectivity index (χ2n) is 6.96. The van der Waals surface area contributed by atoms with Crippen LogP contribution in [0, 0.1) is 0 Å². The molecule has 0 spiro atoms. The fourth-order valence-electron chi connectivity index (χ4n) is 4.14. The van der Waals surface area contributed by atoms with Crippen molar-refractivity contribution in [3.63, 3.8) is 0 Å². The van der Waals surface area contributed by atoms with Crippen molar-refractivity contribution in [1.82, 2.24) is 0 Å². The Morgan fingerprint density at radius 1 is 0.517 bits per heavy atom. The van der Waals surface area contributed by atoms with Gasteiger partial charge in [-0.3, -0.25) is 0 Å². The number of rotatable bonds is 4. The van der Waals surface area contributed by atoms with E-state index in [0.717, 1.165) is 5.56 Å². The van der Waals surface area contributed by atoms with E-state index in [2.05, 4.69) is 78.9 Å². The Balaban J connectivity index is 1.92. The zero-order valence-electron chi connectivity index (χ0n) is 15.7. The SMILES string of the molecule is O[B]Oc1cccc(-c2c3ccccc3c(-c3ccccc3)c3ccccc23)c1. The molecule has 3 heteroatoms. The number of benzene rings is 5. The summed E-state index contributed by atoms with van der Waals surface area (Å²) in [4.78, 5) is 0. The normalized spacial score (nSPS) is 10.9. The summed E-state index contributed by atoms with van der Waals surface area (Å²) in [6, 6.07) is 35.4. The van der Waals surface area contributed by atoms with Gasteiger partial charge in [0.25, 0.3) is 0 Å².